The van der Waals surface area contributed by atoms with E-state index in [0.29, 0.717) is 22.0 Å². The number of benzene rings is 1. The Balaban J connectivity index is 1.93. The molecule has 4 nitrogen and oxygen atoms in total. The number of ether oxygens (including phenoxy) is 1. The summed E-state index contributed by atoms with van der Waals surface area (Å²) < 4.78 is 5.01. The van der Waals surface area contributed by atoms with Crippen molar-refractivity contribution in [1.29, 1.82) is 0 Å². The first-order valence-corrected chi connectivity index (χ1v) is 10.1. The molecule has 0 bridgehead atoms. The highest BCUT2D eigenvalue weighted by molar-refractivity contribution is 7.17. The van der Waals surface area contributed by atoms with Crippen LogP contribution >= 0.6 is 11.3 Å². The number of hydrogen-bond donors (Lipinski definition) is 1. The molecule has 5 heteroatoms. The van der Waals surface area contributed by atoms with Gasteiger partial charge < -0.3 is 10.1 Å². The number of thiophene rings is 1. The van der Waals surface area contributed by atoms with Crippen molar-refractivity contribution >= 4 is 28.2 Å². The number of carbonyl (C=O) groups excluding carboxylic acids is 2. The van der Waals surface area contributed by atoms with Crippen LogP contribution in [0, 0.1) is 18.3 Å². The minimum absolute atomic E-state index is 0.203. The first-order chi connectivity index (χ1) is 12.7. The largest absolute Gasteiger partial charge is 0.465 e. The Morgan fingerprint density at radius 2 is 1.85 bits per heavy atom. The molecule has 0 unspecified atom stereocenters. The van der Waals surface area contributed by atoms with Crippen molar-refractivity contribution in [2.75, 3.05) is 12.4 Å². The molecule has 0 aliphatic heterocycles. The van der Waals surface area contributed by atoms with E-state index in [2.05, 4.69) is 26.1 Å². The van der Waals surface area contributed by atoms with Crippen LogP contribution in [0.5, 0.6) is 0 Å². The molecule has 1 aromatic carbocycles. The molecule has 1 atom stereocenters. The Labute approximate surface area is 164 Å². The molecule has 1 N–H and O–H groups in total. The molecule has 1 aliphatic carbocycles. The second-order valence-corrected chi connectivity index (χ2v) is 9.43. The van der Waals surface area contributed by atoms with Crippen LogP contribution in [-0.2, 0) is 17.6 Å². The number of nitrogens with one attached hydrogen (secondary N) is 1. The lowest BCUT2D eigenvalue weighted by Crippen LogP contribution is -2.26. The van der Waals surface area contributed by atoms with Crippen LogP contribution < -0.4 is 5.32 Å². The van der Waals surface area contributed by atoms with Gasteiger partial charge in [0, 0.05) is 10.4 Å². The van der Waals surface area contributed by atoms with Gasteiger partial charge in [-0.2, -0.15) is 0 Å². The zero-order chi connectivity index (χ0) is 19.8. The molecule has 144 valence electrons. The SMILES string of the molecule is COC(=O)c1c(NC(=O)c2ccc(C)cc2)sc2c1CC[C@@H](C(C)(C)C)C2. The summed E-state index contributed by atoms with van der Waals surface area (Å²) in [5.41, 5.74) is 3.48. The van der Waals surface area contributed by atoms with Crippen LogP contribution in [0.4, 0.5) is 5.00 Å². The van der Waals surface area contributed by atoms with Crippen LogP contribution in [-0.4, -0.2) is 19.0 Å². The number of rotatable bonds is 3. The second kappa shape index (κ2) is 7.47. The molecular formula is C22H27NO3S. The van der Waals surface area contributed by atoms with Gasteiger partial charge in [0.15, 0.2) is 0 Å². The van der Waals surface area contributed by atoms with Crippen molar-refractivity contribution in [2.24, 2.45) is 11.3 Å². The third-order valence-corrected chi connectivity index (χ3v) is 6.59. The molecule has 27 heavy (non-hydrogen) atoms. The van der Waals surface area contributed by atoms with Crippen LogP contribution in [0.2, 0.25) is 0 Å². The standard InChI is InChI=1S/C22H27NO3S/c1-13-6-8-14(9-7-13)19(24)23-20-18(21(25)26-5)16-11-10-15(22(2,3)4)12-17(16)27-20/h6-9,15H,10-12H2,1-5H3,(H,23,24)/t15-/m1/s1. The highest BCUT2D eigenvalue weighted by Crippen LogP contribution is 2.44. The molecule has 0 fully saturated rings. The third-order valence-electron chi connectivity index (χ3n) is 5.42. The van der Waals surface area contributed by atoms with Gasteiger partial charge in [0.2, 0.25) is 0 Å². The number of carbonyl (C=O) groups is 2. The quantitative estimate of drug-likeness (QED) is 0.735. The van der Waals surface area contributed by atoms with E-state index in [1.165, 1.54) is 23.3 Å². The zero-order valence-corrected chi connectivity index (χ0v) is 17.5. The molecule has 3 rings (SSSR count). The lowest BCUT2D eigenvalue weighted by Gasteiger charge is -2.33. The summed E-state index contributed by atoms with van der Waals surface area (Å²) in [5, 5.41) is 3.55. The number of methoxy groups -OCH3 is 1. The lowest BCUT2D eigenvalue weighted by molar-refractivity contribution is 0.0600. The predicted octanol–water partition coefficient (Wildman–Crippen LogP) is 5.25. The molecule has 1 amide bonds. The minimum atomic E-state index is -0.374. The Morgan fingerprint density at radius 1 is 1.19 bits per heavy atom. The highest BCUT2D eigenvalue weighted by atomic mass is 32.1. The molecular weight excluding hydrogens is 358 g/mol. The van der Waals surface area contributed by atoms with Gasteiger partial charge in [0.05, 0.1) is 12.7 Å². The smallest absolute Gasteiger partial charge is 0.341 e. The average Bonchev–Trinajstić information content (AvgIpc) is 2.97. The maximum atomic E-state index is 12.7. The fourth-order valence-corrected chi connectivity index (χ4v) is 4.92. The number of anilines is 1. The predicted molar refractivity (Wildman–Crippen MR) is 110 cm³/mol. The molecule has 1 aromatic heterocycles. The number of fused-ring (bicyclic) bond motifs is 1. The van der Waals surface area contributed by atoms with Crippen LogP contribution in [0.1, 0.15) is 63.9 Å². The highest BCUT2D eigenvalue weighted by Gasteiger charge is 2.34. The van der Waals surface area contributed by atoms with Gasteiger partial charge in [-0.05, 0) is 55.2 Å². The van der Waals surface area contributed by atoms with Gasteiger partial charge >= 0.3 is 5.97 Å². The number of amides is 1. The fraction of sp³-hybridized carbons (Fsp3) is 0.455. The second-order valence-electron chi connectivity index (χ2n) is 8.33. The summed E-state index contributed by atoms with van der Waals surface area (Å²) >= 11 is 1.52. The molecule has 0 spiro atoms. The number of aryl methyl sites for hydroxylation is 1. The van der Waals surface area contributed by atoms with E-state index in [9.17, 15) is 9.59 Å². The zero-order valence-electron chi connectivity index (χ0n) is 16.6. The van der Waals surface area contributed by atoms with Gasteiger partial charge in [-0.1, -0.05) is 38.5 Å². The summed E-state index contributed by atoms with van der Waals surface area (Å²) in [5.74, 6) is -0.0122. The van der Waals surface area contributed by atoms with Gasteiger partial charge in [0.1, 0.15) is 5.00 Å². The third kappa shape index (κ3) is 4.08. The Kier molecular flexibility index (Phi) is 5.43. The normalized spacial score (nSPS) is 16.6. The van der Waals surface area contributed by atoms with Crippen LogP contribution in [0.25, 0.3) is 0 Å². The van der Waals surface area contributed by atoms with Crippen molar-refractivity contribution in [3.8, 4) is 0 Å². The molecule has 1 aliphatic rings. The maximum Gasteiger partial charge on any atom is 0.341 e. The first-order valence-electron chi connectivity index (χ1n) is 9.31. The minimum Gasteiger partial charge on any atom is -0.465 e. The van der Waals surface area contributed by atoms with Crippen LogP contribution in [0.3, 0.4) is 0 Å². The Bertz CT molecular complexity index is 859. The van der Waals surface area contributed by atoms with Crippen LogP contribution in [0.15, 0.2) is 24.3 Å². The van der Waals surface area contributed by atoms with E-state index in [1.807, 2.05) is 19.1 Å². The van der Waals surface area contributed by atoms with E-state index < -0.39 is 0 Å². The summed E-state index contributed by atoms with van der Waals surface area (Å²) in [6.07, 6.45) is 2.83. The van der Waals surface area contributed by atoms with Crippen molar-refractivity contribution < 1.29 is 14.3 Å². The summed E-state index contributed by atoms with van der Waals surface area (Å²) in [4.78, 5) is 26.3. The number of esters is 1. The summed E-state index contributed by atoms with van der Waals surface area (Å²) in [7, 11) is 1.39. The van der Waals surface area contributed by atoms with Crippen molar-refractivity contribution in [1.82, 2.24) is 0 Å². The topological polar surface area (TPSA) is 55.4 Å². The fourth-order valence-electron chi connectivity index (χ4n) is 3.61. The van der Waals surface area contributed by atoms with E-state index >= 15 is 0 Å². The van der Waals surface area contributed by atoms with Crippen molar-refractivity contribution in [3.05, 3.63) is 51.4 Å². The van der Waals surface area contributed by atoms with E-state index in [4.69, 9.17) is 4.74 Å². The van der Waals surface area contributed by atoms with Crippen molar-refractivity contribution in [2.45, 2.75) is 47.0 Å². The number of hydrogen-bond acceptors (Lipinski definition) is 4. The van der Waals surface area contributed by atoms with Gasteiger partial charge in [0.25, 0.3) is 5.91 Å². The van der Waals surface area contributed by atoms with E-state index in [0.717, 1.165) is 30.4 Å². The Morgan fingerprint density at radius 3 is 2.44 bits per heavy atom. The van der Waals surface area contributed by atoms with Gasteiger partial charge in [-0.25, -0.2) is 4.79 Å². The van der Waals surface area contributed by atoms with E-state index in [1.54, 1.807) is 12.1 Å². The molecule has 0 saturated carbocycles. The van der Waals surface area contributed by atoms with E-state index in [-0.39, 0.29) is 17.3 Å². The summed E-state index contributed by atoms with van der Waals surface area (Å²) in [6, 6.07) is 7.41. The summed E-state index contributed by atoms with van der Waals surface area (Å²) in [6.45, 7) is 8.77. The van der Waals surface area contributed by atoms with Crippen molar-refractivity contribution in [3.63, 3.8) is 0 Å². The molecule has 1 heterocycles. The monoisotopic (exact) mass is 385 g/mol. The molecule has 2 aromatic rings. The lowest BCUT2D eigenvalue weighted by atomic mass is 9.72. The Hall–Kier alpha value is -2.14. The maximum absolute atomic E-state index is 12.7. The molecule has 0 saturated heterocycles. The van der Waals surface area contributed by atoms with Gasteiger partial charge in [-0.15, -0.1) is 11.3 Å². The average molecular weight is 386 g/mol. The first kappa shape index (κ1) is 19.6. The molecule has 0 radical (unpaired) electrons. The van der Waals surface area contributed by atoms with Gasteiger partial charge in [-0.3, -0.25) is 4.79 Å².